The predicted molar refractivity (Wildman–Crippen MR) is 139 cm³/mol. The number of fused-ring (bicyclic) bond motifs is 1. The van der Waals surface area contributed by atoms with Crippen molar-refractivity contribution in [1.29, 1.82) is 0 Å². The second-order valence-electron chi connectivity index (χ2n) is 7.99. The molecule has 0 fully saturated rings. The summed E-state index contributed by atoms with van der Waals surface area (Å²) in [6.45, 7) is 0. The Labute approximate surface area is 207 Å². The zero-order valence-electron chi connectivity index (χ0n) is 18.8. The maximum Gasteiger partial charge on any atom is 0.289 e. The number of nitrogens with zero attached hydrogens (tertiary/aromatic N) is 4. The lowest BCUT2D eigenvalue weighted by atomic mass is 9.97. The van der Waals surface area contributed by atoms with E-state index in [0.717, 1.165) is 40.6 Å². The zero-order valence-corrected chi connectivity index (χ0v) is 19.5. The van der Waals surface area contributed by atoms with E-state index >= 15 is 0 Å². The van der Waals surface area contributed by atoms with Crippen molar-refractivity contribution in [1.82, 2.24) is 4.98 Å². The lowest BCUT2D eigenvalue weighted by molar-refractivity contribution is -0.114. The van der Waals surface area contributed by atoms with Crippen molar-refractivity contribution >= 4 is 46.3 Å². The maximum atomic E-state index is 12.3. The van der Waals surface area contributed by atoms with Gasteiger partial charge in [-0.25, -0.2) is 4.98 Å². The van der Waals surface area contributed by atoms with Crippen LogP contribution in [0.3, 0.4) is 0 Å². The third kappa shape index (κ3) is 6.21. The molecule has 0 aliphatic carbocycles. The van der Waals surface area contributed by atoms with Crippen molar-refractivity contribution in [3.8, 4) is 0 Å². The summed E-state index contributed by atoms with van der Waals surface area (Å²) >= 11 is 6.09. The molecule has 1 heterocycles. The molecule has 0 bridgehead atoms. The number of aryl methyl sites for hydroxylation is 2. The number of hydrogen-bond acceptors (Lipinski definition) is 3. The Morgan fingerprint density at radius 2 is 1.77 bits per heavy atom. The molecule has 0 N–H and O–H groups in total. The molecular formula is C28H21ClN4O2. The van der Waals surface area contributed by atoms with Crippen molar-refractivity contribution in [2.45, 2.75) is 19.3 Å². The van der Waals surface area contributed by atoms with Crippen molar-refractivity contribution < 1.29 is 9.59 Å². The van der Waals surface area contributed by atoms with Gasteiger partial charge in [0, 0.05) is 20.9 Å². The van der Waals surface area contributed by atoms with Crippen molar-refractivity contribution in [2.75, 3.05) is 0 Å². The van der Waals surface area contributed by atoms with Crippen LogP contribution in [0, 0.1) is 0 Å². The number of carbonyl (C=O) groups excluding carboxylic acids is 2. The number of hydrogen-bond donors (Lipinski definition) is 0. The summed E-state index contributed by atoms with van der Waals surface area (Å²) in [6, 6.07) is 24.8. The molecule has 172 valence electrons. The highest BCUT2D eigenvalue weighted by atomic mass is 35.5. The minimum Gasteiger partial charge on any atom is -0.285 e. The lowest BCUT2D eigenvalue weighted by Gasteiger charge is -2.08. The molecule has 1 amide bonds. The summed E-state index contributed by atoms with van der Waals surface area (Å²) in [7, 11) is 0. The van der Waals surface area contributed by atoms with E-state index in [4.69, 9.17) is 17.1 Å². The Bertz CT molecular complexity index is 1490. The minimum atomic E-state index is -1.09. The fourth-order valence-corrected chi connectivity index (χ4v) is 4.04. The van der Waals surface area contributed by atoms with Crippen molar-refractivity contribution in [2.24, 2.45) is 5.11 Å². The van der Waals surface area contributed by atoms with Gasteiger partial charge in [0.1, 0.15) is 0 Å². The molecule has 4 rings (SSSR count). The quantitative estimate of drug-likeness (QED) is 0.0872. The molecule has 6 nitrogen and oxygen atoms in total. The second kappa shape index (κ2) is 11.3. The monoisotopic (exact) mass is 480 g/mol. The van der Waals surface area contributed by atoms with Crippen LogP contribution in [0.5, 0.6) is 0 Å². The summed E-state index contributed by atoms with van der Waals surface area (Å²) in [4.78, 5) is 31.0. The van der Waals surface area contributed by atoms with E-state index < -0.39 is 11.7 Å². The Balaban J connectivity index is 1.41. The number of benzene rings is 3. The van der Waals surface area contributed by atoms with Crippen LogP contribution in [0.4, 0.5) is 0 Å². The van der Waals surface area contributed by atoms with Crippen LogP contribution < -0.4 is 0 Å². The molecule has 0 aliphatic rings. The normalized spacial score (nSPS) is 10.9. The van der Waals surface area contributed by atoms with Crippen LogP contribution in [0.15, 0.2) is 84.0 Å². The van der Waals surface area contributed by atoms with E-state index in [-0.39, 0.29) is 5.56 Å². The van der Waals surface area contributed by atoms with Gasteiger partial charge >= 0.3 is 0 Å². The number of pyridine rings is 1. The van der Waals surface area contributed by atoms with Crippen LogP contribution >= 0.6 is 11.6 Å². The molecule has 35 heavy (non-hydrogen) atoms. The average molecular weight is 481 g/mol. The van der Waals surface area contributed by atoms with Crippen LogP contribution in [-0.2, 0) is 17.6 Å². The molecule has 0 radical (unpaired) electrons. The number of Topliss-reactive ketones (excluding diaryl/α,β-unsaturated/α-hetero) is 1. The fraction of sp³-hybridized carbons (Fsp3) is 0.107. The highest BCUT2D eigenvalue weighted by molar-refractivity contribution is 6.43. The molecule has 0 spiro atoms. The SMILES string of the molecule is [N-]=[N+]=NC(=O)C(=O)c1ccccc1CCCc1cccc(/C=C/c2ccc3ccc(Cl)cc3n2)c1. The first-order valence-corrected chi connectivity index (χ1v) is 11.5. The Morgan fingerprint density at radius 1 is 0.943 bits per heavy atom. The van der Waals surface area contributed by atoms with Crippen LogP contribution in [0.25, 0.3) is 33.5 Å². The number of amides is 1. The largest absolute Gasteiger partial charge is 0.289 e. The Morgan fingerprint density at radius 3 is 2.63 bits per heavy atom. The maximum absolute atomic E-state index is 12.3. The highest BCUT2D eigenvalue weighted by Crippen LogP contribution is 2.20. The van der Waals surface area contributed by atoms with Gasteiger partial charge in [-0.3, -0.25) is 9.59 Å². The molecule has 0 saturated carbocycles. The predicted octanol–water partition coefficient (Wildman–Crippen LogP) is 7.25. The molecule has 3 aromatic carbocycles. The lowest BCUT2D eigenvalue weighted by Crippen LogP contribution is -2.13. The van der Waals surface area contributed by atoms with Gasteiger partial charge in [-0.2, -0.15) is 0 Å². The van der Waals surface area contributed by atoms with Gasteiger partial charge in [0.2, 0.25) is 5.78 Å². The van der Waals surface area contributed by atoms with Gasteiger partial charge in [0.15, 0.2) is 0 Å². The second-order valence-corrected chi connectivity index (χ2v) is 8.42. The smallest absolute Gasteiger partial charge is 0.285 e. The number of azide groups is 1. The van der Waals surface area contributed by atoms with Crippen LogP contribution in [0.2, 0.25) is 5.02 Å². The standard InChI is InChI=1S/C28H21ClN4O2/c29-23-14-12-22-13-16-24(31-26(22)18-23)15-11-20-6-3-5-19(17-20)7-4-9-21-8-1-2-10-25(21)27(34)28(35)32-33-30/h1-3,5-6,8,10-18H,4,7,9H2/b15-11+. The first-order valence-electron chi connectivity index (χ1n) is 11.1. The molecule has 0 saturated heterocycles. The fourth-order valence-electron chi connectivity index (χ4n) is 3.88. The molecule has 7 heteroatoms. The summed E-state index contributed by atoms with van der Waals surface area (Å²) < 4.78 is 0. The highest BCUT2D eigenvalue weighted by Gasteiger charge is 2.17. The molecule has 0 aliphatic heterocycles. The molecular weight excluding hydrogens is 460 g/mol. The number of rotatable bonds is 8. The molecule has 1 aromatic heterocycles. The van der Waals surface area contributed by atoms with E-state index in [2.05, 4.69) is 27.1 Å². The third-order valence-electron chi connectivity index (χ3n) is 5.58. The minimum absolute atomic E-state index is 0.283. The number of ketones is 1. The molecule has 4 aromatic rings. The third-order valence-corrected chi connectivity index (χ3v) is 5.81. The van der Waals surface area contributed by atoms with Crippen molar-refractivity contribution in [3.63, 3.8) is 0 Å². The van der Waals surface area contributed by atoms with Gasteiger partial charge in [-0.15, -0.1) is 0 Å². The Kier molecular flexibility index (Phi) is 7.68. The summed E-state index contributed by atoms with van der Waals surface area (Å²) in [6.07, 6.45) is 6.22. The first-order chi connectivity index (χ1) is 17.0. The van der Waals surface area contributed by atoms with Crippen LogP contribution in [-0.4, -0.2) is 16.7 Å². The number of halogens is 1. The number of carbonyl (C=O) groups is 2. The van der Waals surface area contributed by atoms with E-state index in [1.165, 1.54) is 5.56 Å². The van der Waals surface area contributed by atoms with Gasteiger partial charge in [-0.1, -0.05) is 78.3 Å². The summed E-state index contributed by atoms with van der Waals surface area (Å²) in [5.41, 5.74) is 13.4. The van der Waals surface area contributed by atoms with Crippen LogP contribution in [0.1, 0.15) is 39.2 Å². The topological polar surface area (TPSA) is 95.8 Å². The van der Waals surface area contributed by atoms with Gasteiger partial charge < -0.3 is 0 Å². The van der Waals surface area contributed by atoms with Gasteiger partial charge in [0.25, 0.3) is 5.91 Å². The van der Waals surface area contributed by atoms with E-state index in [9.17, 15) is 9.59 Å². The number of aromatic nitrogens is 1. The summed E-state index contributed by atoms with van der Waals surface area (Å²) in [5, 5.41) is 4.61. The van der Waals surface area contributed by atoms with E-state index in [1.54, 1.807) is 12.1 Å². The Hall–Kier alpha value is -4.25. The first kappa shape index (κ1) is 23.9. The molecule has 0 unspecified atom stereocenters. The average Bonchev–Trinajstić information content (AvgIpc) is 2.87. The van der Waals surface area contributed by atoms with Gasteiger partial charge in [-0.05, 0) is 70.9 Å². The zero-order chi connectivity index (χ0) is 24.6. The van der Waals surface area contributed by atoms with Crippen molar-refractivity contribution in [3.05, 3.63) is 122 Å². The van der Waals surface area contributed by atoms with E-state index in [0.29, 0.717) is 11.4 Å². The van der Waals surface area contributed by atoms with Gasteiger partial charge in [0.05, 0.1) is 11.2 Å². The van der Waals surface area contributed by atoms with E-state index in [1.807, 2.05) is 66.7 Å². The molecule has 0 atom stereocenters. The summed E-state index contributed by atoms with van der Waals surface area (Å²) in [5.74, 6) is -1.88.